The Hall–Kier alpha value is -3.28. The minimum absolute atomic E-state index is 0.0919. The fourth-order valence-electron chi connectivity index (χ4n) is 2.72. The summed E-state index contributed by atoms with van der Waals surface area (Å²) >= 11 is 0. The Balaban J connectivity index is 1.96. The van der Waals surface area contributed by atoms with Crippen molar-refractivity contribution in [3.05, 3.63) is 64.0 Å². The van der Waals surface area contributed by atoms with Crippen LogP contribution in [0.15, 0.2) is 51.9 Å². The number of hydrogen-bond donors (Lipinski definition) is 1. The third kappa shape index (κ3) is 4.11. The van der Waals surface area contributed by atoms with Crippen LogP contribution in [0.4, 0.5) is 0 Å². The number of carbonyl (C=O) groups is 1. The van der Waals surface area contributed by atoms with Gasteiger partial charge < -0.3 is 19.0 Å². The van der Waals surface area contributed by atoms with E-state index in [0.717, 1.165) is 11.1 Å². The highest BCUT2D eigenvalue weighted by atomic mass is 16.5. The monoisotopic (exact) mass is 368 g/mol. The van der Waals surface area contributed by atoms with E-state index in [1.807, 2.05) is 25.1 Å². The van der Waals surface area contributed by atoms with Gasteiger partial charge in [0.25, 0.3) is 0 Å². The molecule has 0 fully saturated rings. The first-order valence-corrected chi connectivity index (χ1v) is 8.53. The van der Waals surface area contributed by atoms with Crippen molar-refractivity contribution in [3.63, 3.8) is 0 Å². The van der Waals surface area contributed by atoms with E-state index in [-0.39, 0.29) is 17.1 Å². The Morgan fingerprint density at radius 3 is 2.63 bits per heavy atom. The molecule has 0 aliphatic heterocycles. The second kappa shape index (κ2) is 7.53. The zero-order chi connectivity index (χ0) is 19.6. The Kier molecular flexibility index (Phi) is 5.16. The largest absolute Gasteiger partial charge is 0.482 e. The minimum Gasteiger partial charge on any atom is -0.482 e. The Bertz CT molecular complexity index is 1050. The van der Waals surface area contributed by atoms with Crippen LogP contribution >= 0.6 is 0 Å². The molecule has 0 radical (unpaired) electrons. The second-order valence-corrected chi connectivity index (χ2v) is 6.57. The second-order valence-electron chi connectivity index (χ2n) is 6.57. The number of hydrogen-bond acceptors (Lipinski definition) is 5. The third-order valence-corrected chi connectivity index (χ3v) is 4.09. The Morgan fingerprint density at radius 2 is 1.93 bits per heavy atom. The molecule has 0 aliphatic carbocycles. The van der Waals surface area contributed by atoms with Gasteiger partial charge in [-0.25, -0.2) is 4.79 Å². The summed E-state index contributed by atoms with van der Waals surface area (Å²) in [5.74, 6) is 0.177. The summed E-state index contributed by atoms with van der Waals surface area (Å²) in [7, 11) is 0. The maximum atomic E-state index is 12.8. The quantitative estimate of drug-likeness (QED) is 0.690. The van der Waals surface area contributed by atoms with Crippen LogP contribution in [0, 0.1) is 6.92 Å². The predicted octanol–water partition coefficient (Wildman–Crippen LogP) is 4.48. The lowest BCUT2D eigenvalue weighted by Gasteiger charge is -2.14. The van der Waals surface area contributed by atoms with Crippen LogP contribution in [0.25, 0.3) is 11.0 Å². The summed E-state index contributed by atoms with van der Waals surface area (Å²) in [6, 6.07) is 10.4. The zero-order valence-corrected chi connectivity index (χ0v) is 15.3. The summed E-state index contributed by atoms with van der Waals surface area (Å²) < 4.78 is 16.5. The number of ether oxygens (including phenoxy) is 2. The van der Waals surface area contributed by atoms with E-state index < -0.39 is 12.6 Å². The van der Waals surface area contributed by atoms with Crippen molar-refractivity contribution >= 4 is 16.9 Å². The van der Waals surface area contributed by atoms with Crippen molar-refractivity contribution in [2.24, 2.45) is 0 Å². The molecule has 140 valence electrons. The highest BCUT2D eigenvalue weighted by Gasteiger charge is 2.14. The Morgan fingerprint density at radius 1 is 1.15 bits per heavy atom. The van der Waals surface area contributed by atoms with E-state index in [2.05, 4.69) is 13.8 Å². The topological polar surface area (TPSA) is 86.0 Å². The first kappa shape index (κ1) is 18.5. The molecule has 2 aromatic carbocycles. The van der Waals surface area contributed by atoms with E-state index in [1.165, 1.54) is 24.5 Å². The van der Waals surface area contributed by atoms with Gasteiger partial charge in [-0.15, -0.1) is 0 Å². The van der Waals surface area contributed by atoms with Gasteiger partial charge in [0.2, 0.25) is 11.2 Å². The van der Waals surface area contributed by atoms with E-state index in [9.17, 15) is 9.59 Å². The van der Waals surface area contributed by atoms with Crippen molar-refractivity contribution < 1.29 is 23.8 Å². The van der Waals surface area contributed by atoms with E-state index in [1.54, 1.807) is 0 Å². The molecule has 3 rings (SSSR count). The highest BCUT2D eigenvalue weighted by molar-refractivity contribution is 5.79. The van der Waals surface area contributed by atoms with Crippen molar-refractivity contribution in [2.75, 3.05) is 6.61 Å². The summed E-state index contributed by atoms with van der Waals surface area (Å²) in [6.45, 7) is 5.60. The van der Waals surface area contributed by atoms with E-state index >= 15 is 0 Å². The molecule has 0 aliphatic rings. The fraction of sp³-hybridized carbons (Fsp3) is 0.238. The molecule has 1 N–H and O–H groups in total. The molecule has 0 saturated heterocycles. The van der Waals surface area contributed by atoms with Gasteiger partial charge >= 0.3 is 5.97 Å². The van der Waals surface area contributed by atoms with Crippen molar-refractivity contribution in [2.45, 2.75) is 26.7 Å². The minimum atomic E-state index is -1.08. The Labute approximate surface area is 156 Å². The third-order valence-electron chi connectivity index (χ3n) is 4.09. The van der Waals surface area contributed by atoms with Crippen molar-refractivity contribution in [1.29, 1.82) is 0 Å². The van der Waals surface area contributed by atoms with Gasteiger partial charge in [0.15, 0.2) is 6.61 Å². The standard InChI is InChI=1S/C21H20O6/c1-12(2)15-6-4-13(3)8-18(15)27-19-10-26-17-9-14(25-11-20(22)23)5-7-16(17)21(19)24/h4-10,12H,11H2,1-3H3,(H,22,23). The first-order chi connectivity index (χ1) is 12.8. The number of benzene rings is 2. The number of aliphatic carboxylic acids is 1. The van der Waals surface area contributed by atoms with E-state index in [4.69, 9.17) is 19.0 Å². The van der Waals surface area contributed by atoms with Crippen LogP contribution in [0.2, 0.25) is 0 Å². The molecular weight excluding hydrogens is 348 g/mol. The highest BCUT2D eigenvalue weighted by Crippen LogP contribution is 2.31. The zero-order valence-electron chi connectivity index (χ0n) is 15.3. The van der Waals surface area contributed by atoms with Crippen LogP contribution in [0.5, 0.6) is 17.2 Å². The predicted molar refractivity (Wildman–Crippen MR) is 101 cm³/mol. The molecule has 3 aromatic rings. The summed E-state index contributed by atoms with van der Waals surface area (Å²) in [6.07, 6.45) is 1.26. The van der Waals surface area contributed by atoms with Gasteiger partial charge in [-0.1, -0.05) is 26.0 Å². The fourth-order valence-corrected chi connectivity index (χ4v) is 2.72. The maximum absolute atomic E-state index is 12.8. The molecule has 0 bridgehead atoms. The molecule has 6 heteroatoms. The molecule has 0 amide bonds. The first-order valence-electron chi connectivity index (χ1n) is 8.53. The number of aryl methyl sites for hydroxylation is 1. The lowest BCUT2D eigenvalue weighted by molar-refractivity contribution is -0.139. The van der Waals surface area contributed by atoms with Crippen LogP contribution in [-0.4, -0.2) is 17.7 Å². The van der Waals surface area contributed by atoms with E-state index in [0.29, 0.717) is 22.5 Å². The molecule has 27 heavy (non-hydrogen) atoms. The van der Waals surface area contributed by atoms with Crippen LogP contribution < -0.4 is 14.9 Å². The van der Waals surface area contributed by atoms with Gasteiger partial charge in [0, 0.05) is 6.07 Å². The average Bonchev–Trinajstić information content (AvgIpc) is 2.62. The van der Waals surface area contributed by atoms with Gasteiger partial charge in [0.05, 0.1) is 5.39 Å². The smallest absolute Gasteiger partial charge is 0.341 e. The lowest BCUT2D eigenvalue weighted by Crippen LogP contribution is -2.10. The SMILES string of the molecule is Cc1ccc(C(C)C)c(Oc2coc3cc(OCC(=O)O)ccc3c2=O)c1. The van der Waals surface area contributed by atoms with Gasteiger partial charge in [-0.05, 0) is 42.2 Å². The van der Waals surface area contributed by atoms with Crippen LogP contribution in [-0.2, 0) is 4.79 Å². The summed E-state index contributed by atoms with van der Waals surface area (Å²) in [4.78, 5) is 23.3. The molecule has 0 saturated carbocycles. The van der Waals surface area contributed by atoms with Crippen molar-refractivity contribution in [1.82, 2.24) is 0 Å². The molecule has 0 spiro atoms. The number of carboxylic acid groups (broad SMARTS) is 1. The molecule has 1 heterocycles. The molecule has 1 aromatic heterocycles. The van der Waals surface area contributed by atoms with Gasteiger partial charge in [-0.2, -0.15) is 0 Å². The molecule has 0 unspecified atom stereocenters. The number of carboxylic acids is 1. The molecular formula is C21H20O6. The average molecular weight is 368 g/mol. The number of rotatable bonds is 6. The molecule has 6 nitrogen and oxygen atoms in total. The number of fused-ring (bicyclic) bond motifs is 1. The van der Waals surface area contributed by atoms with Gasteiger partial charge in [-0.3, -0.25) is 4.79 Å². The normalized spacial score (nSPS) is 11.0. The molecule has 0 atom stereocenters. The van der Waals surface area contributed by atoms with Crippen LogP contribution in [0.1, 0.15) is 30.9 Å². The summed E-state index contributed by atoms with van der Waals surface area (Å²) in [5, 5.41) is 9.00. The maximum Gasteiger partial charge on any atom is 0.341 e. The van der Waals surface area contributed by atoms with Crippen molar-refractivity contribution in [3.8, 4) is 17.2 Å². The lowest BCUT2D eigenvalue weighted by atomic mass is 10.0. The van der Waals surface area contributed by atoms with Crippen LogP contribution in [0.3, 0.4) is 0 Å². The summed E-state index contributed by atoms with van der Waals surface area (Å²) in [5.41, 5.74) is 2.01. The van der Waals surface area contributed by atoms with Gasteiger partial charge in [0.1, 0.15) is 23.3 Å².